The Labute approximate surface area is 232 Å². The molecule has 7 nitrogen and oxygen atoms in total. The summed E-state index contributed by atoms with van der Waals surface area (Å²) in [4.78, 5) is 28.9. The van der Waals surface area contributed by atoms with Gasteiger partial charge in [0.1, 0.15) is 6.04 Å². The molecule has 1 saturated carbocycles. The number of fused-ring (bicyclic) bond motifs is 1. The van der Waals surface area contributed by atoms with Gasteiger partial charge in [-0.15, -0.1) is 0 Å². The highest BCUT2D eigenvalue weighted by molar-refractivity contribution is 7.89. The fraction of sp³-hybridized carbons (Fsp3) is 0.419. The lowest BCUT2D eigenvalue weighted by atomic mass is 9.95. The van der Waals surface area contributed by atoms with Crippen molar-refractivity contribution in [3.8, 4) is 0 Å². The molecule has 4 rings (SSSR count). The van der Waals surface area contributed by atoms with Crippen molar-refractivity contribution in [3.05, 3.63) is 77.9 Å². The normalized spacial score (nSPS) is 15.3. The van der Waals surface area contributed by atoms with Gasteiger partial charge >= 0.3 is 0 Å². The Hall–Kier alpha value is -3.23. The molecular weight excluding hydrogens is 510 g/mol. The number of rotatable bonds is 10. The number of hydrogen-bond donors (Lipinski definition) is 1. The molecule has 2 amide bonds. The van der Waals surface area contributed by atoms with Crippen LogP contribution in [0.3, 0.4) is 0 Å². The Morgan fingerprint density at radius 2 is 1.62 bits per heavy atom. The van der Waals surface area contributed by atoms with E-state index in [0.29, 0.717) is 6.42 Å². The van der Waals surface area contributed by atoms with Gasteiger partial charge in [-0.2, -0.15) is 4.31 Å². The van der Waals surface area contributed by atoms with Gasteiger partial charge in [0.25, 0.3) is 0 Å². The number of likely N-dealkylation sites (N-methyl/N-ethyl adjacent to an activating group) is 1. The van der Waals surface area contributed by atoms with Crippen LogP contribution in [-0.4, -0.2) is 55.1 Å². The van der Waals surface area contributed by atoms with Crippen molar-refractivity contribution < 1.29 is 18.0 Å². The summed E-state index contributed by atoms with van der Waals surface area (Å²) in [7, 11) is -2.52. The molecular formula is C31H39N3O4S. The second-order valence-electron chi connectivity index (χ2n) is 10.5. The van der Waals surface area contributed by atoms with E-state index in [1.807, 2.05) is 62.4 Å². The van der Waals surface area contributed by atoms with Crippen molar-refractivity contribution in [1.29, 1.82) is 0 Å². The molecule has 0 unspecified atom stereocenters. The van der Waals surface area contributed by atoms with Gasteiger partial charge < -0.3 is 10.2 Å². The molecule has 0 radical (unpaired) electrons. The number of benzene rings is 3. The highest BCUT2D eigenvalue weighted by atomic mass is 32.2. The van der Waals surface area contributed by atoms with Crippen molar-refractivity contribution in [1.82, 2.24) is 14.5 Å². The van der Waals surface area contributed by atoms with E-state index >= 15 is 0 Å². The maximum absolute atomic E-state index is 13.8. The standard InChI is InChI=1S/C31H39N3O4S/c1-4-29(31(36)32-27-16-6-5-7-17-27)34(21-26-15-9-8-12-23(26)2)30(35)22-33(3)39(37,38)28-19-18-24-13-10-11-14-25(24)20-28/h8-15,18-20,27,29H,4-7,16-17,21-22H2,1-3H3,(H,32,36)/t29-/m0/s1. The molecule has 1 fully saturated rings. The Morgan fingerprint density at radius 1 is 0.949 bits per heavy atom. The average Bonchev–Trinajstić information content (AvgIpc) is 2.94. The first-order valence-electron chi connectivity index (χ1n) is 13.8. The molecule has 0 aromatic heterocycles. The van der Waals surface area contributed by atoms with Crippen LogP contribution in [0.5, 0.6) is 0 Å². The zero-order valence-corrected chi connectivity index (χ0v) is 23.9. The molecule has 39 heavy (non-hydrogen) atoms. The lowest BCUT2D eigenvalue weighted by molar-refractivity contribution is -0.141. The number of aryl methyl sites for hydroxylation is 1. The summed E-state index contributed by atoms with van der Waals surface area (Å²) in [5.74, 6) is -0.581. The third-order valence-corrected chi connectivity index (χ3v) is 9.53. The Bertz CT molecular complexity index is 1420. The van der Waals surface area contributed by atoms with Crippen molar-refractivity contribution in [3.63, 3.8) is 0 Å². The number of sulfonamides is 1. The van der Waals surface area contributed by atoms with Gasteiger partial charge in [-0.05, 0) is 60.2 Å². The quantitative estimate of drug-likeness (QED) is 0.385. The number of amides is 2. The highest BCUT2D eigenvalue weighted by Crippen LogP contribution is 2.23. The minimum Gasteiger partial charge on any atom is -0.352 e. The summed E-state index contributed by atoms with van der Waals surface area (Å²) in [6.45, 7) is 3.72. The van der Waals surface area contributed by atoms with Gasteiger partial charge in [0.05, 0.1) is 11.4 Å². The predicted octanol–water partition coefficient (Wildman–Crippen LogP) is 5.03. The molecule has 0 bridgehead atoms. The molecule has 0 spiro atoms. The van der Waals surface area contributed by atoms with Gasteiger partial charge in [0.15, 0.2) is 0 Å². The molecule has 208 valence electrons. The maximum atomic E-state index is 13.8. The number of hydrogen-bond acceptors (Lipinski definition) is 4. The Kier molecular flexibility index (Phi) is 9.40. The van der Waals surface area contributed by atoms with Crippen LogP contribution < -0.4 is 5.32 Å². The zero-order chi connectivity index (χ0) is 28.0. The van der Waals surface area contributed by atoms with Crippen LogP contribution in [0.1, 0.15) is 56.6 Å². The van der Waals surface area contributed by atoms with Crippen molar-refractivity contribution in [2.75, 3.05) is 13.6 Å². The average molecular weight is 550 g/mol. The number of carbonyl (C=O) groups is 2. The monoisotopic (exact) mass is 549 g/mol. The molecule has 0 aliphatic heterocycles. The van der Waals surface area contributed by atoms with Gasteiger partial charge in [-0.1, -0.05) is 80.8 Å². The van der Waals surface area contributed by atoms with Crippen LogP contribution in [0.2, 0.25) is 0 Å². The van der Waals surface area contributed by atoms with E-state index in [4.69, 9.17) is 0 Å². The topological polar surface area (TPSA) is 86.8 Å². The fourth-order valence-corrected chi connectivity index (χ4v) is 6.47. The molecule has 1 aliphatic carbocycles. The molecule has 1 atom stereocenters. The number of nitrogens with one attached hydrogen (secondary N) is 1. The second kappa shape index (κ2) is 12.7. The lowest BCUT2D eigenvalue weighted by Gasteiger charge is -2.34. The first-order chi connectivity index (χ1) is 18.7. The molecule has 3 aromatic carbocycles. The SMILES string of the molecule is CC[C@@H](C(=O)NC1CCCCC1)N(Cc1ccccc1C)C(=O)CN(C)S(=O)(=O)c1ccc2ccccc2c1. The Morgan fingerprint density at radius 3 is 2.31 bits per heavy atom. The third-order valence-electron chi connectivity index (χ3n) is 7.73. The Balaban J connectivity index is 1.58. The zero-order valence-electron chi connectivity index (χ0n) is 23.1. The van der Waals surface area contributed by atoms with E-state index in [0.717, 1.165) is 51.9 Å². The molecule has 1 N–H and O–H groups in total. The summed E-state index contributed by atoms with van der Waals surface area (Å²) in [6, 6.07) is 19.7. The third kappa shape index (κ3) is 6.86. The van der Waals surface area contributed by atoms with E-state index in [1.54, 1.807) is 23.1 Å². The summed E-state index contributed by atoms with van der Waals surface area (Å²) in [5.41, 5.74) is 1.93. The highest BCUT2D eigenvalue weighted by Gasteiger charge is 2.33. The van der Waals surface area contributed by atoms with Crippen LogP contribution in [-0.2, 0) is 26.2 Å². The van der Waals surface area contributed by atoms with Gasteiger partial charge in [-0.3, -0.25) is 9.59 Å². The lowest BCUT2D eigenvalue weighted by Crippen LogP contribution is -2.53. The second-order valence-corrected chi connectivity index (χ2v) is 12.5. The van der Waals surface area contributed by atoms with Crippen LogP contribution >= 0.6 is 0 Å². The summed E-state index contributed by atoms with van der Waals surface area (Å²) in [5, 5.41) is 4.92. The van der Waals surface area contributed by atoms with E-state index in [1.165, 1.54) is 13.5 Å². The van der Waals surface area contributed by atoms with Crippen LogP contribution in [0, 0.1) is 6.92 Å². The summed E-state index contributed by atoms with van der Waals surface area (Å²) in [6.07, 6.45) is 5.67. The van der Waals surface area contributed by atoms with E-state index in [9.17, 15) is 18.0 Å². The molecule has 3 aromatic rings. The summed E-state index contributed by atoms with van der Waals surface area (Å²) >= 11 is 0. The minimum absolute atomic E-state index is 0.117. The van der Waals surface area contributed by atoms with Crippen molar-refractivity contribution in [2.24, 2.45) is 0 Å². The van der Waals surface area contributed by atoms with Gasteiger partial charge in [0.2, 0.25) is 21.8 Å². The predicted molar refractivity (Wildman–Crippen MR) is 155 cm³/mol. The van der Waals surface area contributed by atoms with E-state index in [-0.39, 0.29) is 29.9 Å². The first kappa shape index (κ1) is 28.8. The maximum Gasteiger partial charge on any atom is 0.243 e. The molecule has 1 aliphatic rings. The van der Waals surface area contributed by atoms with Gasteiger partial charge in [0, 0.05) is 19.6 Å². The van der Waals surface area contributed by atoms with E-state index in [2.05, 4.69) is 5.32 Å². The molecule has 0 heterocycles. The first-order valence-corrected chi connectivity index (χ1v) is 15.2. The fourth-order valence-electron chi connectivity index (χ4n) is 5.31. The largest absolute Gasteiger partial charge is 0.352 e. The van der Waals surface area contributed by atoms with Crippen LogP contribution in [0.4, 0.5) is 0 Å². The van der Waals surface area contributed by atoms with Crippen LogP contribution in [0.15, 0.2) is 71.6 Å². The summed E-state index contributed by atoms with van der Waals surface area (Å²) < 4.78 is 28.0. The van der Waals surface area contributed by atoms with Gasteiger partial charge in [-0.25, -0.2) is 8.42 Å². The van der Waals surface area contributed by atoms with Crippen LogP contribution in [0.25, 0.3) is 10.8 Å². The molecule has 0 saturated heterocycles. The van der Waals surface area contributed by atoms with E-state index < -0.39 is 22.0 Å². The minimum atomic E-state index is -3.93. The van der Waals surface area contributed by atoms with Crippen molar-refractivity contribution >= 4 is 32.6 Å². The van der Waals surface area contributed by atoms with Crippen molar-refractivity contribution in [2.45, 2.75) is 75.9 Å². The number of nitrogens with zero attached hydrogens (tertiary/aromatic N) is 2. The number of carbonyl (C=O) groups excluding carboxylic acids is 2. The smallest absolute Gasteiger partial charge is 0.243 e. The molecule has 8 heteroatoms.